The molecule has 0 fully saturated rings. The summed E-state index contributed by atoms with van der Waals surface area (Å²) in [5.74, 6) is 0.708. The summed E-state index contributed by atoms with van der Waals surface area (Å²) < 4.78 is 4.94. The molecule has 1 aromatic heterocycles. The number of methoxy groups -OCH3 is 1. The molecule has 0 spiro atoms. The molecule has 1 aromatic rings. The van der Waals surface area contributed by atoms with E-state index < -0.39 is 0 Å². The van der Waals surface area contributed by atoms with Gasteiger partial charge in [0.2, 0.25) is 0 Å². The molecule has 10 heavy (non-hydrogen) atoms. The van der Waals surface area contributed by atoms with Crippen molar-refractivity contribution < 1.29 is 4.74 Å². The molecule has 1 radical (unpaired) electrons. The van der Waals surface area contributed by atoms with E-state index in [1.54, 1.807) is 13.3 Å². The fraction of sp³-hybridized carbons (Fsp3) is 0.375. The Bertz CT molecular complexity index is 191. The molecule has 0 aliphatic heterocycles. The van der Waals surface area contributed by atoms with Gasteiger partial charge in [0.15, 0.2) is 0 Å². The number of rotatable bonds is 2. The number of ether oxygens (including phenoxy) is 1. The summed E-state index contributed by atoms with van der Waals surface area (Å²) in [4.78, 5) is 3.88. The van der Waals surface area contributed by atoms with Gasteiger partial charge in [-0.2, -0.15) is 0 Å². The lowest BCUT2D eigenvalue weighted by Gasteiger charge is -1.98. The van der Waals surface area contributed by atoms with E-state index in [4.69, 9.17) is 4.74 Å². The monoisotopic (exact) mass is 136 g/mol. The maximum atomic E-state index is 4.94. The van der Waals surface area contributed by atoms with Crippen molar-refractivity contribution in [3.05, 3.63) is 24.0 Å². The quantitative estimate of drug-likeness (QED) is 0.614. The first-order valence-corrected chi connectivity index (χ1v) is 3.27. The van der Waals surface area contributed by atoms with Crippen LogP contribution in [0.25, 0.3) is 0 Å². The summed E-state index contributed by atoms with van der Waals surface area (Å²) in [5, 5.41) is 0. The van der Waals surface area contributed by atoms with E-state index in [1.165, 1.54) is 5.56 Å². The molecular formula is C8H10NO. The van der Waals surface area contributed by atoms with E-state index in [1.807, 2.05) is 6.07 Å². The van der Waals surface area contributed by atoms with Crippen molar-refractivity contribution in [1.82, 2.24) is 4.98 Å². The molecule has 0 N–H and O–H groups in total. The third kappa shape index (κ3) is 1.47. The molecule has 2 heteroatoms. The molecule has 0 amide bonds. The molecule has 0 aliphatic carbocycles. The predicted molar refractivity (Wildman–Crippen MR) is 39.0 cm³/mol. The molecular weight excluding hydrogens is 126 g/mol. The minimum absolute atomic E-state index is 0.708. The zero-order valence-corrected chi connectivity index (χ0v) is 6.22. The highest BCUT2D eigenvalue weighted by atomic mass is 16.5. The molecule has 0 aromatic carbocycles. The number of nitrogens with zero attached hydrogens (tertiary/aromatic N) is 1. The molecule has 0 bridgehead atoms. The second kappa shape index (κ2) is 3.20. The van der Waals surface area contributed by atoms with Gasteiger partial charge in [-0.1, -0.05) is 6.92 Å². The van der Waals surface area contributed by atoms with E-state index >= 15 is 0 Å². The second-order valence-corrected chi connectivity index (χ2v) is 2.01. The van der Waals surface area contributed by atoms with Crippen LogP contribution in [0, 0.1) is 6.20 Å². The van der Waals surface area contributed by atoms with Crippen LogP contribution in [0.3, 0.4) is 0 Å². The number of hydrogen-bond acceptors (Lipinski definition) is 2. The summed E-state index contributed by atoms with van der Waals surface area (Å²) in [5.41, 5.74) is 1.18. The Balaban J connectivity index is 2.87. The van der Waals surface area contributed by atoms with Crippen molar-refractivity contribution in [2.24, 2.45) is 0 Å². The summed E-state index contributed by atoms with van der Waals surface area (Å²) >= 11 is 0. The van der Waals surface area contributed by atoms with Crippen molar-refractivity contribution in [3.8, 4) is 5.75 Å². The first-order valence-electron chi connectivity index (χ1n) is 3.27. The Morgan fingerprint density at radius 1 is 1.70 bits per heavy atom. The van der Waals surface area contributed by atoms with E-state index in [0.717, 1.165) is 6.42 Å². The van der Waals surface area contributed by atoms with Gasteiger partial charge in [-0.15, -0.1) is 0 Å². The van der Waals surface area contributed by atoms with E-state index in [-0.39, 0.29) is 0 Å². The van der Waals surface area contributed by atoms with Gasteiger partial charge in [0, 0.05) is 6.20 Å². The van der Waals surface area contributed by atoms with Crippen LogP contribution in [0.1, 0.15) is 12.5 Å². The zero-order chi connectivity index (χ0) is 7.40. The number of pyridine rings is 1. The van der Waals surface area contributed by atoms with Crippen molar-refractivity contribution in [1.29, 1.82) is 0 Å². The van der Waals surface area contributed by atoms with Crippen LogP contribution in [-0.2, 0) is 6.42 Å². The van der Waals surface area contributed by atoms with E-state index in [2.05, 4.69) is 18.1 Å². The second-order valence-electron chi connectivity index (χ2n) is 2.01. The lowest BCUT2D eigenvalue weighted by molar-refractivity contribution is 0.411. The van der Waals surface area contributed by atoms with Crippen LogP contribution < -0.4 is 4.74 Å². The first-order chi connectivity index (χ1) is 4.86. The van der Waals surface area contributed by atoms with Crippen LogP contribution >= 0.6 is 0 Å². The Morgan fingerprint density at radius 3 is 3.10 bits per heavy atom. The standard InChI is InChI=1S/C8H10NO/c1-3-7-4-8(10-2)6-9-5-7/h4-5H,3H2,1-2H3. The normalized spacial score (nSPS) is 9.40. The minimum Gasteiger partial charge on any atom is -0.494 e. The third-order valence-corrected chi connectivity index (χ3v) is 1.35. The Hall–Kier alpha value is -1.05. The maximum absolute atomic E-state index is 4.94. The van der Waals surface area contributed by atoms with Gasteiger partial charge in [0.05, 0.1) is 7.11 Å². The number of hydrogen-bond donors (Lipinski definition) is 0. The fourth-order valence-electron chi connectivity index (χ4n) is 0.715. The largest absolute Gasteiger partial charge is 0.494 e. The summed E-state index contributed by atoms with van der Waals surface area (Å²) in [6.07, 6.45) is 5.50. The Morgan fingerprint density at radius 2 is 2.50 bits per heavy atom. The first kappa shape index (κ1) is 7.06. The highest BCUT2D eigenvalue weighted by Gasteiger charge is 1.92. The van der Waals surface area contributed by atoms with Crippen molar-refractivity contribution in [2.45, 2.75) is 13.3 Å². The van der Waals surface area contributed by atoms with Gasteiger partial charge in [-0.05, 0) is 18.1 Å². The summed E-state index contributed by atoms with van der Waals surface area (Å²) in [6, 6.07) is 1.94. The zero-order valence-electron chi connectivity index (χ0n) is 6.22. The van der Waals surface area contributed by atoms with Gasteiger partial charge in [0.25, 0.3) is 0 Å². The highest BCUT2D eigenvalue weighted by Crippen LogP contribution is 2.08. The Labute approximate surface area is 60.9 Å². The predicted octanol–water partition coefficient (Wildman–Crippen LogP) is 1.45. The lowest BCUT2D eigenvalue weighted by Crippen LogP contribution is -1.87. The fourth-order valence-corrected chi connectivity index (χ4v) is 0.715. The smallest absolute Gasteiger partial charge is 0.147 e. The van der Waals surface area contributed by atoms with Gasteiger partial charge >= 0.3 is 0 Å². The molecule has 2 nitrogen and oxygen atoms in total. The van der Waals surface area contributed by atoms with Crippen molar-refractivity contribution in [3.63, 3.8) is 0 Å². The van der Waals surface area contributed by atoms with Crippen LogP contribution in [0.4, 0.5) is 0 Å². The third-order valence-electron chi connectivity index (χ3n) is 1.35. The van der Waals surface area contributed by atoms with E-state index in [9.17, 15) is 0 Å². The van der Waals surface area contributed by atoms with Gasteiger partial charge in [0.1, 0.15) is 11.9 Å². The SMILES string of the molecule is CCc1cn[c]c(OC)c1. The average molecular weight is 136 g/mol. The van der Waals surface area contributed by atoms with Gasteiger partial charge in [-0.3, -0.25) is 4.98 Å². The molecule has 0 aliphatic rings. The van der Waals surface area contributed by atoms with Crippen molar-refractivity contribution in [2.75, 3.05) is 7.11 Å². The van der Waals surface area contributed by atoms with Gasteiger partial charge in [-0.25, -0.2) is 0 Å². The van der Waals surface area contributed by atoms with Crippen molar-refractivity contribution >= 4 is 0 Å². The Kier molecular flexibility index (Phi) is 2.26. The molecule has 53 valence electrons. The number of aromatic nitrogens is 1. The maximum Gasteiger partial charge on any atom is 0.147 e. The average Bonchev–Trinajstić information content (AvgIpc) is 2.05. The summed E-state index contributed by atoms with van der Waals surface area (Å²) in [6.45, 7) is 2.08. The molecule has 1 rings (SSSR count). The highest BCUT2D eigenvalue weighted by molar-refractivity contribution is 5.21. The molecule has 0 saturated heterocycles. The summed E-state index contributed by atoms with van der Waals surface area (Å²) in [7, 11) is 1.62. The molecule has 0 unspecified atom stereocenters. The number of aryl methyl sites for hydroxylation is 1. The molecule has 0 saturated carbocycles. The van der Waals surface area contributed by atoms with E-state index in [0.29, 0.717) is 5.75 Å². The van der Waals surface area contributed by atoms with Crippen LogP contribution in [0.15, 0.2) is 12.3 Å². The van der Waals surface area contributed by atoms with Gasteiger partial charge < -0.3 is 4.74 Å². The van der Waals surface area contributed by atoms with Crippen LogP contribution in [0.5, 0.6) is 5.75 Å². The topological polar surface area (TPSA) is 22.1 Å². The van der Waals surface area contributed by atoms with Crippen LogP contribution in [0.2, 0.25) is 0 Å². The molecule has 0 atom stereocenters. The molecule has 1 heterocycles. The minimum atomic E-state index is 0.708. The van der Waals surface area contributed by atoms with Crippen LogP contribution in [-0.4, -0.2) is 12.1 Å². The lowest BCUT2D eigenvalue weighted by atomic mass is 10.2.